The van der Waals surface area contributed by atoms with Crippen LogP contribution in [-0.4, -0.2) is 0 Å². The average molecular weight is 170 g/mol. The molecule has 0 bridgehead atoms. The second-order valence-electron chi connectivity index (χ2n) is 2.78. The van der Waals surface area contributed by atoms with E-state index in [4.69, 9.17) is 0 Å². The number of aryl methyl sites for hydroxylation is 1. The summed E-state index contributed by atoms with van der Waals surface area (Å²) < 4.78 is 24.5. The van der Waals surface area contributed by atoms with Gasteiger partial charge in [-0.3, -0.25) is 0 Å². The summed E-state index contributed by atoms with van der Waals surface area (Å²) in [6, 6.07) is 5.12. The Labute approximate surface area is 71.2 Å². The smallest absolute Gasteiger partial charge is 0.115 e. The van der Waals surface area contributed by atoms with E-state index in [1.165, 1.54) is 0 Å². The Hall–Kier alpha value is -0.920. The Morgan fingerprint density at radius 1 is 0.917 bits per heavy atom. The topological polar surface area (TPSA) is 0 Å². The minimum absolute atomic E-state index is 0.513. The van der Waals surface area contributed by atoms with Crippen LogP contribution in [-0.2, 0) is 19.8 Å². The van der Waals surface area contributed by atoms with E-state index in [0.717, 1.165) is 12.0 Å². The minimum atomic E-state index is -0.513. The summed E-state index contributed by atoms with van der Waals surface area (Å²) in [6.07, 6.45) is 0.820. The molecule has 0 aliphatic rings. The Morgan fingerprint density at radius 3 is 1.67 bits per heavy atom. The number of hydrogen-bond acceptors (Lipinski definition) is 0. The standard InChI is InChI=1S/C10H12F2/c1-2-8-3-9(6-11)5-10(4-8)7-12/h3-5H,2,6-7H2,1H3. The zero-order chi connectivity index (χ0) is 8.97. The number of halogens is 2. The van der Waals surface area contributed by atoms with Gasteiger partial charge >= 0.3 is 0 Å². The molecular formula is C10H12F2. The van der Waals surface area contributed by atoms with Gasteiger partial charge in [0.15, 0.2) is 0 Å². The minimum Gasteiger partial charge on any atom is -0.246 e. The summed E-state index contributed by atoms with van der Waals surface area (Å²) in [5.74, 6) is 0. The van der Waals surface area contributed by atoms with Crippen LogP contribution in [0.25, 0.3) is 0 Å². The maximum absolute atomic E-state index is 12.2. The van der Waals surface area contributed by atoms with Crippen LogP contribution in [0.1, 0.15) is 23.6 Å². The fourth-order valence-electron chi connectivity index (χ4n) is 1.20. The van der Waals surface area contributed by atoms with Crippen molar-refractivity contribution < 1.29 is 8.78 Å². The van der Waals surface area contributed by atoms with Gasteiger partial charge in [0.1, 0.15) is 13.3 Å². The highest BCUT2D eigenvalue weighted by atomic mass is 19.1. The Kier molecular flexibility index (Phi) is 3.20. The van der Waals surface area contributed by atoms with E-state index >= 15 is 0 Å². The highest BCUT2D eigenvalue weighted by molar-refractivity contribution is 5.29. The van der Waals surface area contributed by atoms with Crippen molar-refractivity contribution in [2.45, 2.75) is 26.7 Å². The van der Waals surface area contributed by atoms with Gasteiger partial charge in [0.05, 0.1) is 0 Å². The molecule has 1 rings (SSSR count). The molecular weight excluding hydrogens is 158 g/mol. The second kappa shape index (κ2) is 4.19. The molecule has 66 valence electrons. The van der Waals surface area contributed by atoms with Gasteiger partial charge in [-0.2, -0.15) is 0 Å². The van der Waals surface area contributed by atoms with Crippen molar-refractivity contribution in [3.63, 3.8) is 0 Å². The molecule has 0 fully saturated rings. The molecule has 0 saturated heterocycles. The zero-order valence-electron chi connectivity index (χ0n) is 7.11. The predicted molar refractivity (Wildman–Crippen MR) is 45.4 cm³/mol. The third-order valence-corrected chi connectivity index (χ3v) is 1.83. The molecule has 0 unspecified atom stereocenters. The maximum atomic E-state index is 12.2. The predicted octanol–water partition coefficient (Wildman–Crippen LogP) is 3.19. The van der Waals surface area contributed by atoms with Gasteiger partial charge in [0, 0.05) is 0 Å². The van der Waals surface area contributed by atoms with Crippen molar-refractivity contribution in [3.05, 3.63) is 34.9 Å². The lowest BCUT2D eigenvalue weighted by molar-refractivity contribution is 0.474. The molecule has 0 aliphatic heterocycles. The first-order valence-corrected chi connectivity index (χ1v) is 4.03. The molecule has 0 atom stereocenters. The Balaban J connectivity index is 3.01. The van der Waals surface area contributed by atoms with Crippen LogP contribution >= 0.6 is 0 Å². The van der Waals surface area contributed by atoms with Crippen LogP contribution in [0, 0.1) is 0 Å². The van der Waals surface area contributed by atoms with Gasteiger partial charge in [-0.05, 0) is 23.1 Å². The fraction of sp³-hybridized carbons (Fsp3) is 0.400. The molecule has 12 heavy (non-hydrogen) atoms. The summed E-state index contributed by atoms with van der Waals surface area (Å²) in [5.41, 5.74) is 2.14. The van der Waals surface area contributed by atoms with Gasteiger partial charge in [-0.15, -0.1) is 0 Å². The molecule has 0 N–H and O–H groups in total. The van der Waals surface area contributed by atoms with E-state index in [-0.39, 0.29) is 0 Å². The molecule has 0 spiro atoms. The van der Waals surface area contributed by atoms with Gasteiger partial charge in [-0.1, -0.05) is 25.1 Å². The third-order valence-electron chi connectivity index (χ3n) is 1.83. The second-order valence-corrected chi connectivity index (χ2v) is 2.78. The quantitative estimate of drug-likeness (QED) is 0.653. The van der Waals surface area contributed by atoms with Crippen molar-refractivity contribution in [1.82, 2.24) is 0 Å². The summed E-state index contributed by atoms with van der Waals surface area (Å²) in [7, 11) is 0. The molecule has 0 heterocycles. The molecule has 0 amide bonds. The van der Waals surface area contributed by atoms with Crippen LogP contribution in [0.3, 0.4) is 0 Å². The summed E-state index contributed by atoms with van der Waals surface area (Å²) in [6.45, 7) is 0.945. The lowest BCUT2D eigenvalue weighted by atomic mass is 10.1. The zero-order valence-corrected chi connectivity index (χ0v) is 7.11. The number of alkyl halides is 2. The van der Waals surface area contributed by atoms with E-state index < -0.39 is 13.3 Å². The first kappa shape index (κ1) is 9.17. The van der Waals surface area contributed by atoms with Crippen LogP contribution in [0.4, 0.5) is 8.78 Å². The van der Waals surface area contributed by atoms with Crippen LogP contribution < -0.4 is 0 Å². The lowest BCUT2D eigenvalue weighted by Gasteiger charge is -2.02. The average Bonchev–Trinajstić information content (AvgIpc) is 2.16. The van der Waals surface area contributed by atoms with Gasteiger partial charge in [0.25, 0.3) is 0 Å². The van der Waals surface area contributed by atoms with Crippen molar-refractivity contribution in [3.8, 4) is 0 Å². The Morgan fingerprint density at radius 2 is 1.33 bits per heavy atom. The SMILES string of the molecule is CCc1cc(CF)cc(CF)c1. The molecule has 2 heteroatoms. The molecule has 1 aromatic carbocycles. The van der Waals surface area contributed by atoms with E-state index in [9.17, 15) is 8.78 Å². The molecule has 0 radical (unpaired) electrons. The van der Waals surface area contributed by atoms with E-state index in [1.807, 2.05) is 6.92 Å². The van der Waals surface area contributed by atoms with E-state index in [1.54, 1.807) is 18.2 Å². The normalized spacial score (nSPS) is 10.2. The number of rotatable bonds is 3. The monoisotopic (exact) mass is 170 g/mol. The highest BCUT2D eigenvalue weighted by Crippen LogP contribution is 2.13. The molecule has 0 aliphatic carbocycles. The van der Waals surface area contributed by atoms with Crippen LogP contribution in [0.2, 0.25) is 0 Å². The first-order chi connectivity index (χ1) is 5.80. The summed E-state index contributed by atoms with van der Waals surface area (Å²) in [4.78, 5) is 0. The highest BCUT2D eigenvalue weighted by Gasteiger charge is 1.99. The molecule has 0 saturated carbocycles. The number of hydrogen-bond donors (Lipinski definition) is 0. The van der Waals surface area contributed by atoms with Crippen LogP contribution in [0.15, 0.2) is 18.2 Å². The van der Waals surface area contributed by atoms with Gasteiger partial charge in [0.2, 0.25) is 0 Å². The van der Waals surface area contributed by atoms with Gasteiger partial charge in [-0.25, -0.2) is 8.78 Å². The first-order valence-electron chi connectivity index (χ1n) is 4.03. The molecule has 0 aromatic heterocycles. The van der Waals surface area contributed by atoms with E-state index in [2.05, 4.69) is 0 Å². The van der Waals surface area contributed by atoms with Crippen molar-refractivity contribution in [2.24, 2.45) is 0 Å². The fourth-order valence-corrected chi connectivity index (χ4v) is 1.20. The molecule has 0 nitrogen and oxygen atoms in total. The third kappa shape index (κ3) is 2.03. The van der Waals surface area contributed by atoms with Crippen molar-refractivity contribution in [2.75, 3.05) is 0 Å². The van der Waals surface area contributed by atoms with Crippen molar-refractivity contribution in [1.29, 1.82) is 0 Å². The lowest BCUT2D eigenvalue weighted by Crippen LogP contribution is -1.89. The summed E-state index contributed by atoms with van der Waals surface area (Å²) >= 11 is 0. The van der Waals surface area contributed by atoms with Gasteiger partial charge < -0.3 is 0 Å². The Bertz CT molecular complexity index is 201. The molecule has 1 aromatic rings. The van der Waals surface area contributed by atoms with Crippen molar-refractivity contribution >= 4 is 0 Å². The van der Waals surface area contributed by atoms with E-state index in [0.29, 0.717) is 11.1 Å². The van der Waals surface area contributed by atoms with Crippen LogP contribution in [0.5, 0.6) is 0 Å². The largest absolute Gasteiger partial charge is 0.246 e. The maximum Gasteiger partial charge on any atom is 0.115 e. The summed E-state index contributed by atoms with van der Waals surface area (Å²) in [5, 5.41) is 0. The number of benzene rings is 1.